The number of anilines is 2. The van der Waals surface area contributed by atoms with Crippen molar-refractivity contribution in [2.45, 2.75) is 13.3 Å². The monoisotopic (exact) mass is 553 g/mol. The molecule has 208 valence electrons. The second kappa shape index (κ2) is 10.1. The zero-order chi connectivity index (χ0) is 28.8. The molecule has 5 aromatic rings. The summed E-state index contributed by atoms with van der Waals surface area (Å²) in [7, 11) is 4.71. The summed E-state index contributed by atoms with van der Waals surface area (Å²) in [5.41, 5.74) is 1.39. The zero-order valence-corrected chi connectivity index (χ0v) is 22.9. The molecule has 1 aromatic heterocycles. The number of carbonyl (C=O) groups excluding carboxylic acids is 2. The topological polar surface area (TPSA) is 108 Å². The Hall–Kier alpha value is -5.25. The summed E-state index contributed by atoms with van der Waals surface area (Å²) in [4.78, 5) is 40.2. The molecule has 0 radical (unpaired) electrons. The van der Waals surface area contributed by atoms with Gasteiger partial charge in [0.2, 0.25) is 12.7 Å². The van der Waals surface area contributed by atoms with E-state index >= 15 is 0 Å². The molecule has 41 heavy (non-hydrogen) atoms. The van der Waals surface area contributed by atoms with Crippen LogP contribution in [0.3, 0.4) is 0 Å². The molecule has 0 atom stereocenters. The summed E-state index contributed by atoms with van der Waals surface area (Å²) in [6.07, 6.45) is -0.429. The van der Waals surface area contributed by atoms with E-state index in [9.17, 15) is 14.4 Å². The van der Waals surface area contributed by atoms with Gasteiger partial charge in [-0.15, -0.1) is 0 Å². The largest absolute Gasteiger partial charge is 0.493 e. The molecule has 0 aliphatic carbocycles. The summed E-state index contributed by atoms with van der Waals surface area (Å²) >= 11 is 0. The lowest BCUT2D eigenvalue weighted by atomic mass is 10.00. The van der Waals surface area contributed by atoms with Gasteiger partial charge in [0, 0.05) is 36.7 Å². The van der Waals surface area contributed by atoms with Gasteiger partial charge in [0.1, 0.15) is 0 Å². The molecule has 0 saturated heterocycles. The highest BCUT2D eigenvalue weighted by Crippen LogP contribution is 2.41. The Morgan fingerprint density at radius 3 is 2.44 bits per heavy atom. The van der Waals surface area contributed by atoms with Crippen LogP contribution < -0.4 is 34.7 Å². The highest BCUT2D eigenvalue weighted by atomic mass is 16.7. The average Bonchev–Trinajstić information content (AvgIpc) is 3.45. The Kier molecular flexibility index (Phi) is 6.37. The van der Waals surface area contributed by atoms with Gasteiger partial charge in [0.25, 0.3) is 5.56 Å². The van der Waals surface area contributed by atoms with E-state index in [1.54, 1.807) is 48.9 Å². The molecular formula is C31H27N3O7. The predicted molar refractivity (Wildman–Crippen MR) is 157 cm³/mol. The van der Waals surface area contributed by atoms with Crippen LogP contribution >= 0.6 is 0 Å². The Morgan fingerprint density at radius 1 is 0.951 bits per heavy atom. The van der Waals surface area contributed by atoms with Crippen LogP contribution in [0.5, 0.6) is 23.0 Å². The first-order chi connectivity index (χ1) is 19.8. The summed E-state index contributed by atoms with van der Waals surface area (Å²) in [5, 5.41) is 6.38. The van der Waals surface area contributed by atoms with E-state index < -0.39 is 6.09 Å². The van der Waals surface area contributed by atoms with Crippen LogP contribution in [0, 0.1) is 0 Å². The number of nitrogens with one attached hydrogen (secondary N) is 1. The summed E-state index contributed by atoms with van der Waals surface area (Å²) in [6, 6.07) is 17.8. The molecule has 0 bridgehead atoms. The molecular weight excluding hydrogens is 526 g/mol. The van der Waals surface area contributed by atoms with Crippen molar-refractivity contribution in [2.24, 2.45) is 7.05 Å². The van der Waals surface area contributed by atoms with Crippen LogP contribution in [0.2, 0.25) is 0 Å². The van der Waals surface area contributed by atoms with Crippen LogP contribution in [-0.4, -0.2) is 37.5 Å². The molecule has 1 aliphatic rings. The number of aromatic nitrogens is 1. The second-order valence-corrected chi connectivity index (χ2v) is 9.65. The van der Waals surface area contributed by atoms with Crippen LogP contribution in [0.1, 0.15) is 13.3 Å². The number of aryl methyl sites for hydroxylation is 1. The molecule has 0 unspecified atom stereocenters. The highest BCUT2D eigenvalue weighted by Gasteiger charge is 2.22. The van der Waals surface area contributed by atoms with Crippen molar-refractivity contribution in [3.05, 3.63) is 71.0 Å². The summed E-state index contributed by atoms with van der Waals surface area (Å²) in [5.74, 6) is 1.48. The van der Waals surface area contributed by atoms with E-state index in [1.165, 1.54) is 25.1 Å². The normalized spacial score (nSPS) is 12.1. The predicted octanol–water partition coefficient (Wildman–Crippen LogP) is 5.57. The fraction of sp³-hybridized carbons (Fsp3) is 0.194. The molecule has 10 heteroatoms. The molecule has 6 rings (SSSR count). The van der Waals surface area contributed by atoms with E-state index in [2.05, 4.69) is 5.32 Å². The molecule has 1 aliphatic heterocycles. The molecule has 1 N–H and O–H groups in total. The van der Waals surface area contributed by atoms with Gasteiger partial charge in [-0.2, -0.15) is 0 Å². The van der Waals surface area contributed by atoms with E-state index in [0.29, 0.717) is 40.1 Å². The maximum atomic E-state index is 13.7. The number of hydrogen-bond acceptors (Lipinski definition) is 7. The highest BCUT2D eigenvalue weighted by molar-refractivity contribution is 6.16. The lowest BCUT2D eigenvalue weighted by molar-refractivity contribution is -0.115. The fourth-order valence-corrected chi connectivity index (χ4v) is 5.13. The van der Waals surface area contributed by atoms with E-state index in [0.717, 1.165) is 21.7 Å². The van der Waals surface area contributed by atoms with Crippen LogP contribution in [0.15, 0.2) is 65.5 Å². The van der Waals surface area contributed by atoms with Gasteiger partial charge >= 0.3 is 6.09 Å². The van der Waals surface area contributed by atoms with Gasteiger partial charge in [-0.05, 0) is 41.8 Å². The molecule has 0 fully saturated rings. The maximum Gasteiger partial charge on any atom is 0.419 e. The minimum Gasteiger partial charge on any atom is -0.493 e. The molecule has 0 spiro atoms. The van der Waals surface area contributed by atoms with Crippen molar-refractivity contribution in [3.8, 4) is 23.0 Å². The van der Waals surface area contributed by atoms with Gasteiger partial charge in [-0.1, -0.05) is 31.2 Å². The van der Waals surface area contributed by atoms with Crippen LogP contribution in [-0.2, 0) is 11.8 Å². The smallest absolute Gasteiger partial charge is 0.419 e. The Bertz CT molecular complexity index is 1950. The number of nitrogens with zero attached hydrogens (tertiary/aromatic N) is 2. The van der Waals surface area contributed by atoms with Crippen LogP contribution in [0.25, 0.3) is 32.4 Å². The van der Waals surface area contributed by atoms with E-state index in [-0.39, 0.29) is 29.8 Å². The van der Waals surface area contributed by atoms with Gasteiger partial charge in [-0.25, -0.2) is 4.79 Å². The van der Waals surface area contributed by atoms with Gasteiger partial charge < -0.3 is 28.8 Å². The van der Waals surface area contributed by atoms with Gasteiger partial charge in [0.15, 0.2) is 23.0 Å². The number of benzene rings is 4. The maximum absolute atomic E-state index is 13.7. The van der Waals surface area contributed by atoms with Crippen molar-refractivity contribution in [2.75, 3.05) is 31.2 Å². The van der Waals surface area contributed by atoms with Gasteiger partial charge in [-0.3, -0.25) is 14.5 Å². The molecule has 10 nitrogen and oxygen atoms in total. The summed E-state index contributed by atoms with van der Waals surface area (Å²) < 4.78 is 24.0. The third-order valence-electron chi connectivity index (χ3n) is 7.28. The van der Waals surface area contributed by atoms with Crippen molar-refractivity contribution < 1.29 is 28.5 Å². The summed E-state index contributed by atoms with van der Waals surface area (Å²) in [6.45, 7) is 1.89. The number of ether oxygens (including phenoxy) is 4. The number of carbonyl (C=O) groups is 2. The van der Waals surface area contributed by atoms with Gasteiger partial charge in [0.05, 0.1) is 29.4 Å². The number of methoxy groups -OCH3 is 1. The SMILES string of the molecule is CCC(=O)Nc1ccccc1N(C)C(=O)Oc1cc2c(=O)n(C)c3c4cc5c(cc4ccc3c2cc1OC)OCO5. The number of hydrogen-bond donors (Lipinski definition) is 1. The van der Waals surface area contributed by atoms with Crippen molar-refractivity contribution in [3.63, 3.8) is 0 Å². The second-order valence-electron chi connectivity index (χ2n) is 9.65. The van der Waals surface area contributed by atoms with E-state index in [1.807, 2.05) is 24.3 Å². The minimum absolute atomic E-state index is 0.0903. The first kappa shape index (κ1) is 26.0. The quantitative estimate of drug-likeness (QED) is 0.284. The fourth-order valence-electron chi connectivity index (χ4n) is 5.13. The number of amides is 2. The minimum atomic E-state index is -0.722. The Labute approximate surface area is 234 Å². The Morgan fingerprint density at radius 2 is 1.68 bits per heavy atom. The number of pyridine rings is 1. The number of para-hydroxylation sites is 2. The third-order valence-corrected chi connectivity index (χ3v) is 7.28. The molecule has 4 aromatic carbocycles. The third kappa shape index (κ3) is 4.33. The molecule has 0 saturated carbocycles. The van der Waals surface area contributed by atoms with Crippen molar-refractivity contribution in [1.82, 2.24) is 4.57 Å². The lowest BCUT2D eigenvalue weighted by Gasteiger charge is -2.21. The first-order valence-electron chi connectivity index (χ1n) is 13.0. The average molecular weight is 554 g/mol. The standard InChI is InChI=1S/C31H27N3O7/c1-5-28(35)32-22-8-6-7-9-23(22)33(2)31(37)41-27-15-21-20(14-24(27)38-4)18-11-10-17-12-25-26(40-16-39-25)13-19(17)29(18)34(3)30(21)36/h6-15H,5,16H2,1-4H3,(H,32,35). The molecule has 2 heterocycles. The number of fused-ring (bicyclic) bond motifs is 6. The van der Waals surface area contributed by atoms with Crippen molar-refractivity contribution in [1.29, 1.82) is 0 Å². The first-order valence-corrected chi connectivity index (χ1v) is 13.0. The zero-order valence-electron chi connectivity index (χ0n) is 22.9. The number of rotatable bonds is 5. The van der Waals surface area contributed by atoms with Crippen molar-refractivity contribution >= 4 is 55.8 Å². The van der Waals surface area contributed by atoms with Crippen LogP contribution in [0.4, 0.5) is 16.2 Å². The lowest BCUT2D eigenvalue weighted by Crippen LogP contribution is -2.30. The Balaban J connectivity index is 1.44. The van der Waals surface area contributed by atoms with E-state index in [4.69, 9.17) is 18.9 Å². The molecule has 2 amide bonds.